The number of nitrogens with one attached hydrogen (secondary N) is 1. The van der Waals surface area contributed by atoms with Gasteiger partial charge in [-0.05, 0) is 37.1 Å². The molecule has 2 atom stereocenters. The molecule has 2 rings (SSSR count). The Hall–Kier alpha value is -1.63. The number of likely N-dealkylation sites (tertiary alicyclic amines) is 1. The zero-order chi connectivity index (χ0) is 16.8. The van der Waals surface area contributed by atoms with Crippen molar-refractivity contribution in [2.75, 3.05) is 26.2 Å². The first-order chi connectivity index (χ1) is 11.0. The summed E-state index contributed by atoms with van der Waals surface area (Å²) in [5, 5.41) is 13.5. The van der Waals surface area contributed by atoms with E-state index in [0.717, 1.165) is 19.4 Å². The number of piperidine rings is 1. The van der Waals surface area contributed by atoms with Gasteiger partial charge in [0.05, 0.1) is 18.6 Å². The third-order valence-corrected chi connectivity index (χ3v) is 4.23. The standard InChI is InChI=1S/C16H22ClN3O3/c17-13-5-3-11(4-6-13)14(21)8-19-16(23)12-2-1-7-20(9-12)10-15(18)22/h3-6,12,14,21H,1-2,7-10H2,(H2,18,22)(H,19,23). The number of rotatable bonds is 6. The van der Waals surface area contributed by atoms with Gasteiger partial charge in [0.2, 0.25) is 11.8 Å². The third-order valence-electron chi connectivity index (χ3n) is 3.98. The van der Waals surface area contributed by atoms with Crippen LogP contribution in [0.1, 0.15) is 24.5 Å². The zero-order valence-corrected chi connectivity index (χ0v) is 13.6. The Balaban J connectivity index is 1.81. The molecule has 1 aromatic carbocycles. The molecule has 6 nitrogen and oxygen atoms in total. The van der Waals surface area contributed by atoms with Crippen LogP contribution in [0, 0.1) is 5.92 Å². The molecule has 0 spiro atoms. The molecule has 7 heteroatoms. The van der Waals surface area contributed by atoms with E-state index in [-0.39, 0.29) is 30.8 Å². The summed E-state index contributed by atoms with van der Waals surface area (Å²) in [7, 11) is 0. The SMILES string of the molecule is NC(=O)CN1CCCC(C(=O)NCC(O)c2ccc(Cl)cc2)C1. The molecular formula is C16H22ClN3O3. The lowest BCUT2D eigenvalue weighted by Gasteiger charge is -2.31. The van der Waals surface area contributed by atoms with Gasteiger partial charge in [0.15, 0.2) is 0 Å². The highest BCUT2D eigenvalue weighted by Gasteiger charge is 2.26. The molecule has 1 aromatic rings. The van der Waals surface area contributed by atoms with Gasteiger partial charge in [-0.25, -0.2) is 0 Å². The normalized spacial score (nSPS) is 20.0. The van der Waals surface area contributed by atoms with Crippen LogP contribution in [-0.2, 0) is 9.59 Å². The van der Waals surface area contributed by atoms with Crippen LogP contribution in [0.4, 0.5) is 0 Å². The summed E-state index contributed by atoms with van der Waals surface area (Å²) in [6, 6.07) is 6.86. The fourth-order valence-electron chi connectivity index (χ4n) is 2.78. The minimum absolute atomic E-state index is 0.104. The molecule has 0 radical (unpaired) electrons. The number of nitrogens with zero attached hydrogens (tertiary/aromatic N) is 1. The maximum Gasteiger partial charge on any atom is 0.231 e. The third kappa shape index (κ3) is 5.49. The number of hydrogen-bond acceptors (Lipinski definition) is 4. The van der Waals surface area contributed by atoms with Gasteiger partial charge < -0.3 is 16.2 Å². The van der Waals surface area contributed by atoms with Gasteiger partial charge in [-0.3, -0.25) is 14.5 Å². The van der Waals surface area contributed by atoms with Crippen molar-refractivity contribution in [2.45, 2.75) is 18.9 Å². The molecule has 2 amide bonds. The van der Waals surface area contributed by atoms with E-state index in [0.29, 0.717) is 17.1 Å². The number of amides is 2. The predicted molar refractivity (Wildman–Crippen MR) is 87.8 cm³/mol. The van der Waals surface area contributed by atoms with E-state index in [1.807, 2.05) is 4.90 Å². The molecule has 0 saturated carbocycles. The van der Waals surface area contributed by atoms with Crippen LogP contribution in [0.2, 0.25) is 5.02 Å². The molecule has 2 unspecified atom stereocenters. The molecule has 1 saturated heterocycles. The lowest BCUT2D eigenvalue weighted by molar-refractivity contribution is -0.128. The van der Waals surface area contributed by atoms with Crippen LogP contribution < -0.4 is 11.1 Å². The molecular weight excluding hydrogens is 318 g/mol. The fourth-order valence-corrected chi connectivity index (χ4v) is 2.90. The summed E-state index contributed by atoms with van der Waals surface area (Å²) in [4.78, 5) is 25.1. The van der Waals surface area contributed by atoms with Gasteiger partial charge in [-0.1, -0.05) is 23.7 Å². The van der Waals surface area contributed by atoms with Gasteiger partial charge in [-0.2, -0.15) is 0 Å². The van der Waals surface area contributed by atoms with Crippen molar-refractivity contribution >= 4 is 23.4 Å². The van der Waals surface area contributed by atoms with Gasteiger partial charge in [0.25, 0.3) is 0 Å². The Kier molecular flexibility index (Phi) is 6.38. The topological polar surface area (TPSA) is 95.7 Å². The van der Waals surface area contributed by atoms with Crippen LogP contribution >= 0.6 is 11.6 Å². The van der Waals surface area contributed by atoms with E-state index < -0.39 is 6.10 Å². The second-order valence-corrected chi connectivity index (χ2v) is 6.29. The van der Waals surface area contributed by atoms with Crippen molar-refractivity contribution in [1.82, 2.24) is 10.2 Å². The average Bonchev–Trinajstić information content (AvgIpc) is 2.52. The summed E-state index contributed by atoms with van der Waals surface area (Å²) in [6.07, 6.45) is 0.852. The first-order valence-corrected chi connectivity index (χ1v) is 8.05. The Bertz CT molecular complexity index is 550. The largest absolute Gasteiger partial charge is 0.387 e. The maximum absolute atomic E-state index is 12.2. The number of nitrogens with two attached hydrogens (primary N) is 1. The van der Waals surface area contributed by atoms with Crippen LogP contribution in [0.3, 0.4) is 0 Å². The molecule has 126 valence electrons. The number of primary amides is 1. The molecule has 1 aliphatic rings. The molecule has 0 aromatic heterocycles. The van der Waals surface area contributed by atoms with Crippen molar-refractivity contribution in [3.8, 4) is 0 Å². The predicted octanol–water partition coefficient (Wildman–Crippen LogP) is 0.687. The average molecular weight is 340 g/mol. The number of carbonyl (C=O) groups excluding carboxylic acids is 2. The number of aliphatic hydroxyl groups is 1. The van der Waals surface area contributed by atoms with Gasteiger partial charge in [-0.15, -0.1) is 0 Å². The lowest BCUT2D eigenvalue weighted by atomic mass is 9.97. The first kappa shape index (κ1) is 17.7. The van der Waals surface area contributed by atoms with Crippen LogP contribution in [0.25, 0.3) is 0 Å². The van der Waals surface area contributed by atoms with Crippen molar-refractivity contribution in [2.24, 2.45) is 11.7 Å². The number of aliphatic hydroxyl groups excluding tert-OH is 1. The molecule has 1 fully saturated rings. The minimum atomic E-state index is -0.776. The number of halogens is 1. The highest BCUT2D eigenvalue weighted by Crippen LogP contribution is 2.18. The van der Waals surface area contributed by atoms with Crippen molar-refractivity contribution in [1.29, 1.82) is 0 Å². The molecule has 0 bridgehead atoms. The van der Waals surface area contributed by atoms with Crippen molar-refractivity contribution < 1.29 is 14.7 Å². The Morgan fingerprint density at radius 2 is 2.09 bits per heavy atom. The second kappa shape index (κ2) is 8.29. The Labute approximate surface area is 140 Å². The number of benzene rings is 1. The molecule has 4 N–H and O–H groups in total. The monoisotopic (exact) mass is 339 g/mol. The quantitative estimate of drug-likeness (QED) is 0.710. The molecule has 0 aliphatic carbocycles. The van der Waals surface area contributed by atoms with Gasteiger partial charge >= 0.3 is 0 Å². The fraction of sp³-hybridized carbons (Fsp3) is 0.500. The van der Waals surface area contributed by atoms with E-state index in [1.165, 1.54) is 0 Å². The second-order valence-electron chi connectivity index (χ2n) is 5.85. The summed E-state index contributed by atoms with van der Waals surface area (Å²) in [5.74, 6) is -0.670. The van der Waals surface area contributed by atoms with E-state index in [9.17, 15) is 14.7 Å². The Morgan fingerprint density at radius 1 is 1.39 bits per heavy atom. The highest BCUT2D eigenvalue weighted by atomic mass is 35.5. The zero-order valence-electron chi connectivity index (χ0n) is 12.9. The maximum atomic E-state index is 12.2. The summed E-state index contributed by atoms with van der Waals surface area (Å²) in [5.41, 5.74) is 5.90. The number of hydrogen-bond donors (Lipinski definition) is 3. The highest BCUT2D eigenvalue weighted by molar-refractivity contribution is 6.30. The summed E-state index contributed by atoms with van der Waals surface area (Å²) < 4.78 is 0. The molecule has 23 heavy (non-hydrogen) atoms. The van der Waals surface area contributed by atoms with E-state index in [4.69, 9.17) is 17.3 Å². The first-order valence-electron chi connectivity index (χ1n) is 7.67. The Morgan fingerprint density at radius 3 is 2.74 bits per heavy atom. The van der Waals surface area contributed by atoms with Crippen LogP contribution in [-0.4, -0.2) is 48.0 Å². The van der Waals surface area contributed by atoms with Crippen molar-refractivity contribution in [3.63, 3.8) is 0 Å². The van der Waals surface area contributed by atoms with E-state index >= 15 is 0 Å². The van der Waals surface area contributed by atoms with Gasteiger partial charge in [0, 0.05) is 18.1 Å². The summed E-state index contributed by atoms with van der Waals surface area (Å²) >= 11 is 5.81. The summed E-state index contributed by atoms with van der Waals surface area (Å²) in [6.45, 7) is 1.62. The molecule has 1 aliphatic heterocycles. The smallest absolute Gasteiger partial charge is 0.231 e. The molecule has 1 heterocycles. The van der Waals surface area contributed by atoms with Crippen LogP contribution in [0.5, 0.6) is 0 Å². The minimum Gasteiger partial charge on any atom is -0.387 e. The van der Waals surface area contributed by atoms with Crippen molar-refractivity contribution in [3.05, 3.63) is 34.9 Å². The van der Waals surface area contributed by atoms with E-state index in [2.05, 4.69) is 5.32 Å². The van der Waals surface area contributed by atoms with Gasteiger partial charge in [0.1, 0.15) is 0 Å². The van der Waals surface area contributed by atoms with E-state index in [1.54, 1.807) is 24.3 Å². The lowest BCUT2D eigenvalue weighted by Crippen LogP contribution is -2.46. The van der Waals surface area contributed by atoms with Crippen LogP contribution in [0.15, 0.2) is 24.3 Å². The number of carbonyl (C=O) groups is 2.